The fraction of sp³-hybridized carbons (Fsp3) is 0.667. The molecule has 164 valence electrons. The van der Waals surface area contributed by atoms with Gasteiger partial charge in [0.25, 0.3) is 11.4 Å². The normalized spacial score (nSPS) is 12.1. The van der Waals surface area contributed by atoms with Crippen molar-refractivity contribution in [2.75, 3.05) is 5.75 Å². The zero-order valence-corrected chi connectivity index (χ0v) is 18.9. The fourth-order valence-corrected chi connectivity index (χ4v) is 5.78. The van der Waals surface area contributed by atoms with Crippen molar-refractivity contribution in [1.29, 1.82) is 0 Å². The molecule has 1 rings (SSSR count). The smallest absolute Gasteiger partial charge is 0.258 e. The third-order valence-corrected chi connectivity index (χ3v) is 7.73. The summed E-state index contributed by atoms with van der Waals surface area (Å²) in [4.78, 5) is 21.8. The molecule has 0 amide bonds. The van der Waals surface area contributed by atoms with Gasteiger partial charge in [0.2, 0.25) is 10.0 Å². The summed E-state index contributed by atoms with van der Waals surface area (Å²) in [5.41, 5.74) is -1.76. The standard InChI is InChI=1S/C18H29N3O6S2/c1-5-9-18(8-4,10-6-2)17-15(20(22)23)12-14(13-16(17)21(24)25)29(26,27)19-28-11-7-3/h12-13,19H,5-11H2,1-4H3. The van der Waals surface area contributed by atoms with Crippen LogP contribution in [0, 0.1) is 20.2 Å². The molecule has 0 aliphatic carbocycles. The molecular formula is C18H29N3O6S2. The Balaban J connectivity index is 3.83. The minimum absolute atomic E-state index is 0.0267. The highest BCUT2D eigenvalue weighted by Gasteiger charge is 2.42. The maximum absolute atomic E-state index is 12.6. The van der Waals surface area contributed by atoms with Crippen molar-refractivity contribution in [2.24, 2.45) is 0 Å². The number of nitro groups is 2. The molecule has 0 radical (unpaired) electrons. The Labute approximate surface area is 176 Å². The lowest BCUT2D eigenvalue weighted by Gasteiger charge is -2.32. The maximum atomic E-state index is 12.6. The van der Waals surface area contributed by atoms with E-state index in [4.69, 9.17) is 0 Å². The zero-order valence-electron chi connectivity index (χ0n) is 17.3. The van der Waals surface area contributed by atoms with Gasteiger partial charge in [-0.3, -0.25) is 20.2 Å². The topological polar surface area (TPSA) is 132 Å². The van der Waals surface area contributed by atoms with Gasteiger partial charge in [-0.1, -0.05) is 52.5 Å². The second-order valence-corrected chi connectivity index (χ2v) is 9.76. The van der Waals surface area contributed by atoms with E-state index in [1.165, 1.54) is 0 Å². The monoisotopic (exact) mass is 447 g/mol. The van der Waals surface area contributed by atoms with Gasteiger partial charge >= 0.3 is 0 Å². The summed E-state index contributed by atoms with van der Waals surface area (Å²) in [6.07, 6.45) is 3.66. The van der Waals surface area contributed by atoms with Crippen LogP contribution < -0.4 is 4.13 Å². The summed E-state index contributed by atoms with van der Waals surface area (Å²) in [5, 5.41) is 23.7. The average molecular weight is 448 g/mol. The van der Waals surface area contributed by atoms with Gasteiger partial charge in [0.15, 0.2) is 0 Å². The van der Waals surface area contributed by atoms with E-state index in [0.29, 0.717) is 37.9 Å². The first-order chi connectivity index (χ1) is 13.6. The van der Waals surface area contributed by atoms with Gasteiger partial charge in [0, 0.05) is 23.3 Å². The van der Waals surface area contributed by atoms with Crippen molar-refractivity contribution in [1.82, 2.24) is 4.13 Å². The molecule has 0 saturated carbocycles. The molecule has 0 unspecified atom stereocenters. The van der Waals surface area contributed by atoms with Crippen LogP contribution in [0.3, 0.4) is 0 Å². The van der Waals surface area contributed by atoms with E-state index in [0.717, 1.165) is 30.5 Å². The van der Waals surface area contributed by atoms with Crippen LogP contribution in [0.15, 0.2) is 17.0 Å². The van der Waals surface area contributed by atoms with Gasteiger partial charge in [-0.15, -0.1) is 0 Å². The number of nitrogens with one attached hydrogen (secondary N) is 1. The molecule has 0 aliphatic heterocycles. The summed E-state index contributed by atoms with van der Waals surface area (Å²) >= 11 is 0.936. The molecule has 0 aromatic heterocycles. The first kappa shape index (κ1) is 25.3. The lowest BCUT2D eigenvalue weighted by molar-refractivity contribution is -0.396. The summed E-state index contributed by atoms with van der Waals surface area (Å²) in [7, 11) is -4.13. The summed E-state index contributed by atoms with van der Waals surface area (Å²) in [6, 6.07) is 1.90. The van der Waals surface area contributed by atoms with Crippen LogP contribution in [0.25, 0.3) is 0 Å². The highest BCUT2D eigenvalue weighted by atomic mass is 32.3. The van der Waals surface area contributed by atoms with Crippen LogP contribution in [0.1, 0.15) is 71.8 Å². The van der Waals surface area contributed by atoms with Crippen molar-refractivity contribution in [3.05, 3.63) is 37.9 Å². The molecule has 1 aromatic rings. The predicted molar refractivity (Wildman–Crippen MR) is 115 cm³/mol. The summed E-state index contributed by atoms with van der Waals surface area (Å²) < 4.78 is 27.4. The first-order valence-corrected chi connectivity index (χ1v) is 12.2. The number of nitro benzene ring substituents is 2. The van der Waals surface area contributed by atoms with E-state index in [9.17, 15) is 28.6 Å². The Kier molecular flexibility index (Phi) is 9.50. The summed E-state index contributed by atoms with van der Waals surface area (Å²) in [5.74, 6) is 0.507. The molecule has 0 spiro atoms. The van der Waals surface area contributed by atoms with Crippen LogP contribution in [-0.2, 0) is 15.4 Å². The third-order valence-electron chi connectivity index (χ3n) is 4.91. The lowest BCUT2D eigenvalue weighted by Crippen LogP contribution is -2.28. The molecule has 1 N–H and O–H groups in total. The lowest BCUT2D eigenvalue weighted by atomic mass is 9.70. The van der Waals surface area contributed by atoms with Crippen molar-refractivity contribution < 1.29 is 18.3 Å². The Morgan fingerprint density at radius 2 is 1.45 bits per heavy atom. The highest BCUT2D eigenvalue weighted by Crippen LogP contribution is 2.47. The fourth-order valence-electron chi connectivity index (χ4n) is 3.71. The van der Waals surface area contributed by atoms with E-state index in [-0.39, 0.29) is 5.56 Å². The zero-order chi connectivity index (χ0) is 22.2. The largest absolute Gasteiger partial charge is 0.281 e. The number of benzene rings is 1. The van der Waals surface area contributed by atoms with Crippen LogP contribution in [-0.4, -0.2) is 24.0 Å². The predicted octanol–water partition coefficient (Wildman–Crippen LogP) is 5.09. The molecule has 1 aromatic carbocycles. The van der Waals surface area contributed by atoms with Crippen LogP contribution >= 0.6 is 11.9 Å². The van der Waals surface area contributed by atoms with E-state index >= 15 is 0 Å². The Morgan fingerprint density at radius 3 is 1.79 bits per heavy atom. The minimum Gasteiger partial charge on any atom is -0.258 e. The van der Waals surface area contributed by atoms with E-state index in [2.05, 4.69) is 4.13 Å². The second-order valence-electron chi connectivity index (χ2n) is 6.92. The molecule has 0 atom stereocenters. The van der Waals surface area contributed by atoms with E-state index in [1.54, 1.807) is 0 Å². The molecule has 11 heteroatoms. The Bertz CT molecular complexity index is 801. The molecule has 0 aliphatic rings. The van der Waals surface area contributed by atoms with Gasteiger partial charge in [-0.25, -0.2) is 8.42 Å². The number of hydrogen-bond acceptors (Lipinski definition) is 7. The molecule has 29 heavy (non-hydrogen) atoms. The number of rotatable bonds is 13. The van der Waals surface area contributed by atoms with Gasteiger partial charge < -0.3 is 0 Å². The first-order valence-electron chi connectivity index (χ1n) is 9.71. The molecular weight excluding hydrogens is 418 g/mol. The van der Waals surface area contributed by atoms with Crippen molar-refractivity contribution in [2.45, 2.75) is 76.5 Å². The molecule has 0 heterocycles. The quantitative estimate of drug-likeness (QED) is 0.193. The van der Waals surface area contributed by atoms with Crippen LogP contribution in [0.4, 0.5) is 11.4 Å². The van der Waals surface area contributed by atoms with Crippen molar-refractivity contribution >= 4 is 33.3 Å². The van der Waals surface area contributed by atoms with Crippen molar-refractivity contribution in [3.63, 3.8) is 0 Å². The Hall–Kier alpha value is -1.72. The Morgan fingerprint density at radius 1 is 0.966 bits per heavy atom. The van der Waals surface area contributed by atoms with Gasteiger partial charge in [0.05, 0.1) is 14.7 Å². The maximum Gasteiger partial charge on any atom is 0.281 e. The number of nitrogens with zero attached hydrogens (tertiary/aromatic N) is 2. The van der Waals surface area contributed by atoms with E-state index in [1.807, 2.05) is 27.7 Å². The molecule has 0 fully saturated rings. The average Bonchev–Trinajstić information content (AvgIpc) is 2.66. The highest BCUT2D eigenvalue weighted by molar-refractivity contribution is 8.09. The second kappa shape index (κ2) is 10.9. The summed E-state index contributed by atoms with van der Waals surface area (Å²) in [6.45, 7) is 7.57. The van der Waals surface area contributed by atoms with Gasteiger partial charge in [-0.05, 0) is 25.7 Å². The molecule has 0 bridgehead atoms. The molecule has 9 nitrogen and oxygen atoms in total. The van der Waals surface area contributed by atoms with E-state index < -0.39 is 41.6 Å². The van der Waals surface area contributed by atoms with Crippen LogP contribution in [0.2, 0.25) is 0 Å². The number of hydrogen-bond donors (Lipinski definition) is 1. The van der Waals surface area contributed by atoms with Gasteiger partial charge in [-0.2, -0.15) is 4.13 Å². The molecule has 0 saturated heterocycles. The minimum atomic E-state index is -4.13. The number of sulfonamides is 1. The van der Waals surface area contributed by atoms with Crippen LogP contribution in [0.5, 0.6) is 0 Å². The van der Waals surface area contributed by atoms with Crippen molar-refractivity contribution in [3.8, 4) is 0 Å². The van der Waals surface area contributed by atoms with Gasteiger partial charge in [0.1, 0.15) is 5.56 Å². The SMILES string of the molecule is CCCSNS(=O)(=O)c1cc([N+](=O)[O-])c(C(CC)(CCC)CCC)c([N+](=O)[O-])c1. The third kappa shape index (κ3) is 5.89.